The predicted molar refractivity (Wildman–Crippen MR) is 64.9 cm³/mol. The number of hydrogen-bond acceptors (Lipinski definition) is 1. The second-order valence-corrected chi connectivity index (χ2v) is 4.10. The van der Waals surface area contributed by atoms with Gasteiger partial charge < -0.3 is 5.11 Å². The molecule has 1 heteroatoms. The lowest BCUT2D eigenvalue weighted by molar-refractivity contribution is -0.307. The number of hydrogen-bond donors (Lipinski definition) is 0. The average molecular weight is 212 g/mol. The van der Waals surface area contributed by atoms with Crippen molar-refractivity contribution >= 4 is 0 Å². The van der Waals surface area contributed by atoms with Crippen molar-refractivity contribution in [2.45, 2.75) is 25.7 Å². The van der Waals surface area contributed by atoms with Crippen LogP contribution in [0.2, 0.25) is 0 Å². The topological polar surface area (TPSA) is 23.1 Å². The Kier molecular flexibility index (Phi) is 3.71. The quantitative estimate of drug-likeness (QED) is 0.418. The number of aryl methyl sites for hydroxylation is 1. The molecule has 0 aromatic heterocycles. The van der Waals surface area contributed by atoms with Crippen molar-refractivity contribution in [3.05, 3.63) is 65.5 Å². The summed E-state index contributed by atoms with van der Waals surface area (Å²) in [7, 11) is 0. The molecular weight excluding hydrogens is 196 g/mol. The molecule has 0 saturated carbocycles. The molecule has 0 amide bonds. The van der Waals surface area contributed by atoms with Gasteiger partial charge in [-0.3, -0.25) is 0 Å². The van der Waals surface area contributed by atoms with Gasteiger partial charge >= 0.3 is 0 Å². The summed E-state index contributed by atoms with van der Waals surface area (Å²) in [6.45, 7) is 0. The highest BCUT2D eigenvalue weighted by molar-refractivity contribution is 5.41. The van der Waals surface area contributed by atoms with Crippen molar-refractivity contribution < 1.29 is 5.11 Å². The average Bonchev–Trinajstić information content (AvgIpc) is 2.96. The minimum Gasteiger partial charge on any atom is -0.875 e. The van der Waals surface area contributed by atoms with Crippen LogP contribution in [0.15, 0.2) is 59.9 Å². The fourth-order valence-electron chi connectivity index (χ4n) is 1.90. The first-order valence-corrected chi connectivity index (χ1v) is 5.82. The van der Waals surface area contributed by atoms with E-state index in [0.717, 1.165) is 24.8 Å². The molecule has 0 N–H and O–H groups in total. The van der Waals surface area contributed by atoms with Gasteiger partial charge in [-0.2, -0.15) is 17.7 Å². The van der Waals surface area contributed by atoms with Crippen molar-refractivity contribution in [3.63, 3.8) is 0 Å². The van der Waals surface area contributed by atoms with Crippen LogP contribution in [-0.4, -0.2) is 0 Å². The normalized spacial score (nSPS) is 13.6. The molecule has 84 valence electrons. The van der Waals surface area contributed by atoms with Gasteiger partial charge in [0.2, 0.25) is 0 Å². The lowest BCUT2D eigenvalue weighted by atomic mass is 10.1. The summed E-state index contributed by atoms with van der Waals surface area (Å²) < 4.78 is 0. The van der Waals surface area contributed by atoms with E-state index in [1.54, 1.807) is 0 Å². The van der Waals surface area contributed by atoms with E-state index in [-0.39, 0.29) is 5.76 Å². The van der Waals surface area contributed by atoms with Crippen LogP contribution in [-0.2, 0) is 6.42 Å². The SMILES string of the molecule is [O-]C(CCCCc1ccc[cH-]1)=C1C=CC=C1. The summed E-state index contributed by atoms with van der Waals surface area (Å²) in [5, 5.41) is 11.7. The molecule has 0 heterocycles. The number of allylic oxidation sites excluding steroid dienone is 6. The van der Waals surface area contributed by atoms with E-state index in [4.69, 9.17) is 0 Å². The fourth-order valence-corrected chi connectivity index (χ4v) is 1.90. The second-order valence-electron chi connectivity index (χ2n) is 4.10. The van der Waals surface area contributed by atoms with E-state index < -0.39 is 0 Å². The molecule has 16 heavy (non-hydrogen) atoms. The van der Waals surface area contributed by atoms with E-state index in [0.29, 0.717) is 6.42 Å². The van der Waals surface area contributed by atoms with Crippen LogP contribution in [0.1, 0.15) is 24.8 Å². The first kappa shape index (κ1) is 10.9. The number of rotatable bonds is 5. The number of unbranched alkanes of at least 4 members (excludes halogenated alkanes) is 1. The largest absolute Gasteiger partial charge is 0.875 e. The minimum absolute atomic E-state index is 0.271. The van der Waals surface area contributed by atoms with Gasteiger partial charge in [-0.1, -0.05) is 43.6 Å². The molecule has 0 spiro atoms. The smallest absolute Gasteiger partial charge is 0.0376 e. The molecule has 1 aliphatic rings. The van der Waals surface area contributed by atoms with Crippen molar-refractivity contribution in [1.29, 1.82) is 0 Å². The Labute approximate surface area is 96.8 Å². The summed E-state index contributed by atoms with van der Waals surface area (Å²) in [6, 6.07) is 8.40. The van der Waals surface area contributed by atoms with Crippen molar-refractivity contribution in [1.82, 2.24) is 0 Å². The van der Waals surface area contributed by atoms with Crippen molar-refractivity contribution in [3.8, 4) is 0 Å². The van der Waals surface area contributed by atoms with Gasteiger partial charge in [0.25, 0.3) is 0 Å². The molecule has 2 rings (SSSR count). The molecule has 0 aliphatic heterocycles. The van der Waals surface area contributed by atoms with Gasteiger partial charge in [0, 0.05) is 0 Å². The van der Waals surface area contributed by atoms with E-state index in [1.807, 2.05) is 24.3 Å². The highest BCUT2D eigenvalue weighted by atomic mass is 16.3. The molecular formula is C15H16O-2. The van der Waals surface area contributed by atoms with Gasteiger partial charge in [-0.25, -0.2) is 12.1 Å². The van der Waals surface area contributed by atoms with Gasteiger partial charge in [0.1, 0.15) is 0 Å². The third kappa shape index (κ3) is 2.93. The zero-order chi connectivity index (χ0) is 11.2. The molecule has 0 saturated heterocycles. The van der Waals surface area contributed by atoms with Crippen LogP contribution >= 0.6 is 0 Å². The Balaban J connectivity index is 1.70. The van der Waals surface area contributed by atoms with Gasteiger partial charge in [0.05, 0.1) is 0 Å². The lowest BCUT2D eigenvalue weighted by Crippen LogP contribution is -2.05. The first-order chi connectivity index (χ1) is 7.86. The van der Waals surface area contributed by atoms with Crippen LogP contribution < -0.4 is 5.11 Å². The third-order valence-corrected chi connectivity index (χ3v) is 2.84. The van der Waals surface area contributed by atoms with Crippen LogP contribution in [0.3, 0.4) is 0 Å². The molecule has 1 aromatic rings. The van der Waals surface area contributed by atoms with Crippen molar-refractivity contribution in [2.24, 2.45) is 0 Å². The van der Waals surface area contributed by atoms with Crippen LogP contribution in [0.5, 0.6) is 0 Å². The Morgan fingerprint density at radius 2 is 2.00 bits per heavy atom. The van der Waals surface area contributed by atoms with Crippen LogP contribution in [0, 0.1) is 0 Å². The summed E-state index contributed by atoms with van der Waals surface area (Å²) in [5.74, 6) is 0.271. The maximum atomic E-state index is 11.7. The maximum absolute atomic E-state index is 11.7. The maximum Gasteiger partial charge on any atom is -0.0376 e. The fraction of sp³-hybridized carbons (Fsp3) is 0.267. The van der Waals surface area contributed by atoms with Gasteiger partial charge in [-0.15, -0.1) is 5.76 Å². The predicted octanol–water partition coefficient (Wildman–Crippen LogP) is 2.86. The zero-order valence-electron chi connectivity index (χ0n) is 9.36. The summed E-state index contributed by atoms with van der Waals surface area (Å²) >= 11 is 0. The standard InChI is InChI=1S/C15H17O/c16-15(14-10-4-5-11-14)12-6-3-9-13-7-1-2-8-13/h1-2,4-5,7-8,10-11,16H,3,6,9,12H2/q-1/p-1. The minimum atomic E-state index is 0.271. The van der Waals surface area contributed by atoms with Gasteiger partial charge in [0.15, 0.2) is 0 Å². The molecule has 0 radical (unpaired) electrons. The molecule has 0 unspecified atom stereocenters. The summed E-state index contributed by atoms with van der Waals surface area (Å²) in [6.07, 6.45) is 11.4. The molecule has 1 nitrogen and oxygen atoms in total. The molecule has 1 aromatic carbocycles. The second kappa shape index (κ2) is 5.45. The van der Waals surface area contributed by atoms with Crippen LogP contribution in [0.4, 0.5) is 0 Å². The first-order valence-electron chi connectivity index (χ1n) is 5.82. The molecule has 0 fully saturated rings. The zero-order valence-corrected chi connectivity index (χ0v) is 9.36. The lowest BCUT2D eigenvalue weighted by Gasteiger charge is -2.14. The van der Waals surface area contributed by atoms with E-state index in [1.165, 1.54) is 5.56 Å². The Bertz CT molecular complexity index is 391. The molecule has 0 bridgehead atoms. The van der Waals surface area contributed by atoms with Crippen molar-refractivity contribution in [2.75, 3.05) is 0 Å². The third-order valence-electron chi connectivity index (χ3n) is 2.84. The van der Waals surface area contributed by atoms with Crippen LogP contribution in [0.25, 0.3) is 0 Å². The highest BCUT2D eigenvalue weighted by Crippen LogP contribution is 2.15. The Morgan fingerprint density at radius 1 is 1.19 bits per heavy atom. The Morgan fingerprint density at radius 3 is 2.69 bits per heavy atom. The highest BCUT2D eigenvalue weighted by Gasteiger charge is 1.95. The summed E-state index contributed by atoms with van der Waals surface area (Å²) in [4.78, 5) is 0. The Hall–Kier alpha value is -1.63. The van der Waals surface area contributed by atoms with E-state index >= 15 is 0 Å². The monoisotopic (exact) mass is 212 g/mol. The van der Waals surface area contributed by atoms with Gasteiger partial charge in [-0.05, 0) is 12.0 Å². The van der Waals surface area contributed by atoms with E-state index in [9.17, 15) is 5.11 Å². The molecule has 0 atom stereocenters. The van der Waals surface area contributed by atoms with E-state index in [2.05, 4.69) is 24.3 Å². The molecule has 1 aliphatic carbocycles. The summed E-state index contributed by atoms with van der Waals surface area (Å²) in [5.41, 5.74) is 2.23.